The fraction of sp³-hybridized carbons (Fsp3) is 0.333. The number of nitrogen functional groups attached to an aromatic ring is 1. The Morgan fingerprint density at radius 2 is 2.26 bits per heavy atom. The second-order valence-corrected chi connectivity index (χ2v) is 9.42. The minimum atomic E-state index is -0.441. The van der Waals surface area contributed by atoms with Crippen LogP contribution in [-0.4, -0.2) is 33.4 Å². The summed E-state index contributed by atoms with van der Waals surface area (Å²) in [7, 11) is 1.84. The first-order valence-electron chi connectivity index (χ1n) is 11.1. The Labute approximate surface area is 202 Å². The molecule has 1 aliphatic carbocycles. The van der Waals surface area contributed by atoms with Gasteiger partial charge in [-0.05, 0) is 61.4 Å². The van der Waals surface area contributed by atoms with Crippen LogP contribution in [0.25, 0.3) is 6.08 Å². The number of carbonyl (C=O) groups is 2. The zero-order valence-corrected chi connectivity index (χ0v) is 20.0. The summed E-state index contributed by atoms with van der Waals surface area (Å²) in [5.41, 5.74) is 10.7. The van der Waals surface area contributed by atoms with Gasteiger partial charge in [-0.3, -0.25) is 14.5 Å². The van der Waals surface area contributed by atoms with Gasteiger partial charge in [-0.1, -0.05) is 6.07 Å². The fourth-order valence-electron chi connectivity index (χ4n) is 3.95. The third-order valence-electron chi connectivity index (χ3n) is 5.72. The van der Waals surface area contributed by atoms with Crippen molar-refractivity contribution in [2.24, 2.45) is 13.0 Å². The molecule has 3 heterocycles. The number of aromatic nitrogens is 3. The Bertz CT molecular complexity index is 1200. The number of carbonyl (C=O) groups excluding carboxylic acids is 2. The molecule has 0 fully saturated rings. The van der Waals surface area contributed by atoms with Crippen molar-refractivity contribution in [1.82, 2.24) is 20.1 Å². The number of nitrogens with zero attached hydrogens (tertiary/aromatic N) is 3. The molecule has 0 aromatic carbocycles. The summed E-state index contributed by atoms with van der Waals surface area (Å²) >= 11 is 1.49. The third kappa shape index (κ3) is 5.82. The molecule has 0 spiro atoms. The molecule has 3 aromatic rings. The zero-order valence-electron chi connectivity index (χ0n) is 19.2. The summed E-state index contributed by atoms with van der Waals surface area (Å²) in [6, 6.07) is 5.61. The van der Waals surface area contributed by atoms with E-state index in [1.54, 1.807) is 23.2 Å². The van der Waals surface area contributed by atoms with Crippen molar-refractivity contribution < 1.29 is 14.3 Å². The van der Waals surface area contributed by atoms with Gasteiger partial charge >= 0.3 is 6.09 Å². The van der Waals surface area contributed by atoms with Gasteiger partial charge in [0.1, 0.15) is 5.00 Å². The van der Waals surface area contributed by atoms with E-state index >= 15 is 0 Å². The molecule has 1 unspecified atom stereocenters. The van der Waals surface area contributed by atoms with Crippen LogP contribution in [0, 0.1) is 12.8 Å². The van der Waals surface area contributed by atoms with E-state index in [2.05, 4.69) is 20.7 Å². The lowest BCUT2D eigenvalue weighted by Crippen LogP contribution is -2.28. The van der Waals surface area contributed by atoms with E-state index in [9.17, 15) is 9.59 Å². The minimum Gasteiger partial charge on any atom is -0.449 e. The summed E-state index contributed by atoms with van der Waals surface area (Å²) in [6.45, 7) is 2.61. The summed E-state index contributed by atoms with van der Waals surface area (Å²) in [4.78, 5) is 29.6. The normalized spacial score (nSPS) is 15.2. The van der Waals surface area contributed by atoms with E-state index in [-0.39, 0.29) is 11.8 Å². The third-order valence-corrected chi connectivity index (χ3v) is 6.90. The Hall–Kier alpha value is -3.66. The van der Waals surface area contributed by atoms with Crippen LogP contribution >= 0.6 is 11.3 Å². The van der Waals surface area contributed by atoms with Gasteiger partial charge in [-0.2, -0.15) is 5.10 Å². The second-order valence-electron chi connectivity index (χ2n) is 8.32. The van der Waals surface area contributed by atoms with E-state index in [0.717, 1.165) is 46.7 Å². The Kier molecular flexibility index (Phi) is 7.27. The van der Waals surface area contributed by atoms with Crippen LogP contribution in [0.5, 0.6) is 0 Å². The molecular formula is C24H28N6O3S. The number of alkyl carbamates (subject to hydrolysis) is 1. The van der Waals surface area contributed by atoms with Crippen LogP contribution in [0.1, 0.15) is 33.8 Å². The molecule has 2 amide bonds. The highest BCUT2D eigenvalue weighted by atomic mass is 32.1. The van der Waals surface area contributed by atoms with Gasteiger partial charge in [0.25, 0.3) is 0 Å². The Morgan fingerprint density at radius 3 is 3.00 bits per heavy atom. The number of anilines is 2. The molecule has 3 aromatic heterocycles. The largest absolute Gasteiger partial charge is 0.449 e. The quantitative estimate of drug-likeness (QED) is 0.445. The highest BCUT2D eigenvalue weighted by Gasteiger charge is 2.26. The average Bonchev–Trinajstić information content (AvgIpc) is 3.32. The summed E-state index contributed by atoms with van der Waals surface area (Å²) in [5, 5.41) is 10.6. The number of thiophene rings is 1. The molecule has 4 rings (SSSR count). The Balaban J connectivity index is 1.27. The summed E-state index contributed by atoms with van der Waals surface area (Å²) in [6.07, 6.45) is 8.53. The first kappa shape index (κ1) is 23.5. The molecular weight excluding hydrogens is 452 g/mol. The van der Waals surface area contributed by atoms with Crippen molar-refractivity contribution in [3.8, 4) is 0 Å². The maximum atomic E-state index is 12.3. The lowest BCUT2D eigenvalue weighted by molar-refractivity contribution is -0.111. The highest BCUT2D eigenvalue weighted by molar-refractivity contribution is 7.17. The van der Waals surface area contributed by atoms with Gasteiger partial charge in [-0.25, -0.2) is 4.79 Å². The smallest absolute Gasteiger partial charge is 0.407 e. The number of hydrogen-bond acceptors (Lipinski definition) is 7. The molecule has 0 bridgehead atoms. The number of fused-ring (bicyclic) bond motifs is 1. The SMILES string of the molecule is Cc1cc(CNC(=O)OCC2CCc3c(sc(NC(=O)/C=C/c4cccnc4)c3N)C2)n(C)n1. The second kappa shape index (κ2) is 10.5. The van der Waals surface area contributed by atoms with Crippen LogP contribution < -0.4 is 16.4 Å². The highest BCUT2D eigenvalue weighted by Crippen LogP contribution is 2.41. The number of rotatable bonds is 7. The molecule has 0 saturated heterocycles. The van der Waals surface area contributed by atoms with Crippen molar-refractivity contribution in [3.63, 3.8) is 0 Å². The topological polar surface area (TPSA) is 124 Å². The van der Waals surface area contributed by atoms with Crippen LogP contribution in [0.3, 0.4) is 0 Å². The first-order chi connectivity index (χ1) is 16.4. The average molecular weight is 481 g/mol. The molecule has 10 heteroatoms. The summed E-state index contributed by atoms with van der Waals surface area (Å²) < 4.78 is 7.19. The number of nitrogens with two attached hydrogens (primary N) is 1. The van der Waals surface area contributed by atoms with E-state index in [1.165, 1.54) is 17.4 Å². The van der Waals surface area contributed by atoms with E-state index in [4.69, 9.17) is 10.5 Å². The van der Waals surface area contributed by atoms with Crippen LogP contribution in [0.4, 0.5) is 15.5 Å². The van der Waals surface area contributed by atoms with E-state index in [0.29, 0.717) is 23.8 Å². The molecule has 0 radical (unpaired) electrons. The lowest BCUT2D eigenvalue weighted by atomic mass is 9.89. The number of ether oxygens (including phenoxy) is 1. The monoisotopic (exact) mass is 480 g/mol. The molecule has 34 heavy (non-hydrogen) atoms. The van der Waals surface area contributed by atoms with Crippen LogP contribution in [0.15, 0.2) is 36.7 Å². The molecule has 0 saturated carbocycles. The van der Waals surface area contributed by atoms with Gasteiger partial charge in [0, 0.05) is 30.4 Å². The van der Waals surface area contributed by atoms with Crippen molar-refractivity contribution in [2.75, 3.05) is 17.7 Å². The Morgan fingerprint density at radius 1 is 1.41 bits per heavy atom. The van der Waals surface area contributed by atoms with Gasteiger partial charge in [0.2, 0.25) is 5.91 Å². The van der Waals surface area contributed by atoms with Gasteiger partial charge in [0.05, 0.1) is 30.2 Å². The first-order valence-corrected chi connectivity index (χ1v) is 11.9. The fourth-order valence-corrected chi connectivity index (χ4v) is 5.24. The zero-order chi connectivity index (χ0) is 24.1. The number of hydrogen-bond donors (Lipinski definition) is 3. The number of aryl methyl sites for hydroxylation is 2. The maximum Gasteiger partial charge on any atom is 0.407 e. The van der Waals surface area contributed by atoms with Crippen molar-refractivity contribution in [3.05, 3.63) is 64.1 Å². The van der Waals surface area contributed by atoms with E-state index < -0.39 is 6.09 Å². The van der Waals surface area contributed by atoms with Gasteiger partial charge < -0.3 is 21.1 Å². The standard InChI is InChI=1S/C24H28N6O3S/c1-15-10-18(30(2)29-15)13-27-24(32)33-14-17-5-7-19-20(11-17)34-23(22(19)25)28-21(31)8-6-16-4-3-9-26-12-16/h3-4,6,8-10,12,17H,5,7,11,13-14,25H2,1-2H3,(H,27,32)(H,28,31)/b8-6+. The number of nitrogens with one attached hydrogen (secondary N) is 2. The van der Waals surface area contributed by atoms with Crippen molar-refractivity contribution in [1.29, 1.82) is 0 Å². The van der Waals surface area contributed by atoms with Crippen LogP contribution in [0.2, 0.25) is 0 Å². The molecule has 0 aliphatic heterocycles. The predicted molar refractivity (Wildman–Crippen MR) is 132 cm³/mol. The lowest BCUT2D eigenvalue weighted by Gasteiger charge is -2.22. The van der Waals surface area contributed by atoms with Gasteiger partial charge in [-0.15, -0.1) is 11.3 Å². The summed E-state index contributed by atoms with van der Waals surface area (Å²) in [5.74, 6) is -0.0291. The molecule has 4 N–H and O–H groups in total. The molecule has 1 aliphatic rings. The number of pyridine rings is 1. The predicted octanol–water partition coefficient (Wildman–Crippen LogP) is 3.45. The minimum absolute atomic E-state index is 0.212. The van der Waals surface area contributed by atoms with E-state index in [1.807, 2.05) is 32.2 Å². The van der Waals surface area contributed by atoms with Gasteiger partial charge in [0.15, 0.2) is 0 Å². The van der Waals surface area contributed by atoms with Crippen molar-refractivity contribution in [2.45, 2.75) is 32.7 Å². The molecule has 1 atom stereocenters. The molecule has 9 nitrogen and oxygen atoms in total. The van der Waals surface area contributed by atoms with Crippen molar-refractivity contribution >= 4 is 40.1 Å². The van der Waals surface area contributed by atoms with Crippen LogP contribution in [-0.2, 0) is 36.0 Å². The number of amides is 2. The molecule has 178 valence electrons. The maximum absolute atomic E-state index is 12.3.